The topological polar surface area (TPSA) is 53.4 Å². The Balaban J connectivity index is 1.74. The predicted octanol–water partition coefficient (Wildman–Crippen LogP) is 4.00. The van der Waals surface area contributed by atoms with E-state index in [9.17, 15) is 18.0 Å². The van der Waals surface area contributed by atoms with Crippen LogP contribution in [0.1, 0.15) is 42.0 Å². The van der Waals surface area contributed by atoms with Crippen molar-refractivity contribution in [1.29, 1.82) is 0 Å². The van der Waals surface area contributed by atoms with Gasteiger partial charge in [-0.2, -0.15) is 18.3 Å². The second-order valence-corrected chi connectivity index (χ2v) is 7.08. The molecule has 0 radical (unpaired) electrons. The quantitative estimate of drug-likeness (QED) is 0.781. The Morgan fingerprint density at radius 2 is 1.93 bits per heavy atom. The van der Waals surface area contributed by atoms with Gasteiger partial charge in [0, 0.05) is 12.3 Å². The van der Waals surface area contributed by atoms with Gasteiger partial charge in [0.05, 0.1) is 30.5 Å². The molecule has 0 unspecified atom stereocenters. The van der Waals surface area contributed by atoms with Crippen LogP contribution in [-0.2, 0) is 12.7 Å². The van der Waals surface area contributed by atoms with Crippen LogP contribution >= 0.6 is 11.6 Å². The summed E-state index contributed by atoms with van der Waals surface area (Å²) in [6, 6.07) is 4.05. The fourth-order valence-electron chi connectivity index (χ4n) is 3.00. The summed E-state index contributed by atoms with van der Waals surface area (Å²) in [6.07, 6.45) is -2.48. The highest BCUT2D eigenvalue weighted by Gasteiger charge is 2.37. The van der Waals surface area contributed by atoms with E-state index < -0.39 is 17.3 Å². The van der Waals surface area contributed by atoms with Crippen molar-refractivity contribution >= 4 is 11.6 Å². The van der Waals surface area contributed by atoms with Gasteiger partial charge in [-0.25, -0.2) is 4.68 Å². The summed E-state index contributed by atoms with van der Waals surface area (Å²) >= 11 is 6.23. The number of hydrogen-bond acceptors (Lipinski definition) is 4. The van der Waals surface area contributed by atoms with E-state index in [2.05, 4.69) is 5.10 Å². The van der Waals surface area contributed by atoms with Crippen molar-refractivity contribution in [1.82, 2.24) is 9.78 Å². The van der Waals surface area contributed by atoms with E-state index in [-0.39, 0.29) is 17.5 Å². The molecule has 0 spiro atoms. The average molecular weight is 401 g/mol. The van der Waals surface area contributed by atoms with Crippen LogP contribution in [-0.4, -0.2) is 23.0 Å². The lowest BCUT2D eigenvalue weighted by Crippen LogP contribution is -2.31. The molecule has 1 saturated carbocycles. The fourth-order valence-corrected chi connectivity index (χ4v) is 3.29. The molecule has 144 valence electrons. The Morgan fingerprint density at radius 3 is 2.63 bits per heavy atom. The van der Waals surface area contributed by atoms with Crippen molar-refractivity contribution < 1.29 is 22.6 Å². The molecule has 2 aliphatic rings. The Bertz CT molecular complexity index is 939. The zero-order valence-corrected chi connectivity index (χ0v) is 14.9. The molecule has 0 atom stereocenters. The number of ether oxygens (including phenoxy) is 2. The van der Waals surface area contributed by atoms with Gasteiger partial charge in [0.15, 0.2) is 11.5 Å². The highest BCUT2D eigenvalue weighted by atomic mass is 35.5. The van der Waals surface area contributed by atoms with Gasteiger partial charge in [0.1, 0.15) is 5.56 Å². The molecular formula is C18H16ClF3N2O3. The van der Waals surface area contributed by atoms with Crippen molar-refractivity contribution in [2.24, 2.45) is 0 Å². The van der Waals surface area contributed by atoms with Crippen molar-refractivity contribution in [3.63, 3.8) is 0 Å². The van der Waals surface area contributed by atoms with E-state index in [0.29, 0.717) is 42.4 Å². The SMILES string of the molecule is O=c1c(C(F)(F)F)cc(C2CC2)nn1Cc1cc(Cl)c2c(c1)OCCCO2. The summed E-state index contributed by atoms with van der Waals surface area (Å²) in [5.74, 6) is 0.795. The number of alkyl halides is 3. The minimum absolute atomic E-state index is 0.0229. The first-order valence-corrected chi connectivity index (χ1v) is 8.98. The van der Waals surface area contributed by atoms with Gasteiger partial charge in [0.25, 0.3) is 5.56 Å². The Morgan fingerprint density at radius 1 is 1.19 bits per heavy atom. The van der Waals surface area contributed by atoms with Crippen LogP contribution in [0.2, 0.25) is 5.02 Å². The van der Waals surface area contributed by atoms with E-state index in [0.717, 1.165) is 23.6 Å². The zero-order valence-electron chi connectivity index (χ0n) is 14.2. The van der Waals surface area contributed by atoms with E-state index in [1.54, 1.807) is 12.1 Å². The minimum Gasteiger partial charge on any atom is -0.489 e. The molecule has 1 aromatic carbocycles. The highest BCUT2D eigenvalue weighted by molar-refractivity contribution is 6.32. The largest absolute Gasteiger partial charge is 0.489 e. The van der Waals surface area contributed by atoms with Crippen LogP contribution < -0.4 is 15.0 Å². The van der Waals surface area contributed by atoms with Gasteiger partial charge in [-0.15, -0.1) is 0 Å². The maximum absolute atomic E-state index is 13.3. The van der Waals surface area contributed by atoms with Gasteiger partial charge in [-0.1, -0.05) is 11.6 Å². The summed E-state index contributed by atoms with van der Waals surface area (Å²) < 4.78 is 51.8. The number of nitrogens with zero attached hydrogens (tertiary/aromatic N) is 2. The summed E-state index contributed by atoms with van der Waals surface area (Å²) in [5, 5.41) is 4.44. The first-order valence-electron chi connectivity index (χ1n) is 8.60. The van der Waals surface area contributed by atoms with Crippen LogP contribution in [0.4, 0.5) is 13.2 Å². The third-order valence-corrected chi connectivity index (χ3v) is 4.77. The summed E-state index contributed by atoms with van der Waals surface area (Å²) in [5.41, 5.74) is -1.56. The monoisotopic (exact) mass is 400 g/mol. The molecule has 9 heteroatoms. The number of benzene rings is 1. The molecule has 27 heavy (non-hydrogen) atoms. The zero-order chi connectivity index (χ0) is 19.2. The minimum atomic E-state index is -4.73. The molecule has 1 aromatic heterocycles. The smallest absolute Gasteiger partial charge is 0.421 e. The average Bonchev–Trinajstić information content (AvgIpc) is 3.42. The highest BCUT2D eigenvalue weighted by Crippen LogP contribution is 2.40. The molecule has 1 aliphatic carbocycles. The first-order chi connectivity index (χ1) is 12.8. The van der Waals surface area contributed by atoms with Gasteiger partial charge in [-0.3, -0.25) is 4.79 Å². The maximum Gasteiger partial charge on any atom is 0.421 e. The van der Waals surface area contributed by atoms with Crippen molar-refractivity contribution in [3.05, 3.63) is 50.4 Å². The van der Waals surface area contributed by atoms with Gasteiger partial charge < -0.3 is 9.47 Å². The van der Waals surface area contributed by atoms with Crippen LogP contribution in [0.15, 0.2) is 23.0 Å². The maximum atomic E-state index is 13.3. The molecular weight excluding hydrogens is 385 g/mol. The number of halogens is 4. The molecule has 2 heterocycles. The van der Waals surface area contributed by atoms with Crippen LogP contribution in [0.3, 0.4) is 0 Å². The third-order valence-electron chi connectivity index (χ3n) is 4.49. The van der Waals surface area contributed by atoms with Crippen LogP contribution in [0, 0.1) is 0 Å². The van der Waals surface area contributed by atoms with Gasteiger partial charge in [-0.05, 0) is 36.6 Å². The number of rotatable bonds is 3. The molecule has 1 fully saturated rings. The molecule has 0 N–H and O–H groups in total. The Hall–Kier alpha value is -2.22. The third kappa shape index (κ3) is 3.76. The molecule has 5 nitrogen and oxygen atoms in total. The molecule has 1 aliphatic heterocycles. The molecule has 0 amide bonds. The second kappa shape index (κ2) is 6.74. The van der Waals surface area contributed by atoms with E-state index in [4.69, 9.17) is 21.1 Å². The molecule has 2 aromatic rings. The lowest BCUT2D eigenvalue weighted by molar-refractivity contribution is -0.139. The standard InChI is InChI=1S/C18H16ClF3N2O3/c19-13-6-10(7-15-16(13)27-5-1-4-26-15)9-24-17(25)12(18(20,21)22)8-14(23-24)11-2-3-11/h6-8,11H,1-5,9H2. The Kier molecular flexibility index (Phi) is 4.53. The first kappa shape index (κ1) is 18.2. The van der Waals surface area contributed by atoms with Crippen molar-refractivity contribution in [2.75, 3.05) is 13.2 Å². The Labute approximate surface area is 157 Å². The van der Waals surface area contributed by atoms with Crippen molar-refractivity contribution in [3.8, 4) is 11.5 Å². The fraction of sp³-hybridized carbons (Fsp3) is 0.444. The second-order valence-electron chi connectivity index (χ2n) is 6.67. The van der Waals surface area contributed by atoms with Gasteiger partial charge in [0.2, 0.25) is 0 Å². The lowest BCUT2D eigenvalue weighted by atomic mass is 10.1. The number of aromatic nitrogens is 2. The predicted molar refractivity (Wildman–Crippen MR) is 91.6 cm³/mol. The lowest BCUT2D eigenvalue weighted by Gasteiger charge is -2.14. The van der Waals surface area contributed by atoms with Crippen LogP contribution in [0.25, 0.3) is 0 Å². The summed E-state index contributed by atoms with van der Waals surface area (Å²) in [4.78, 5) is 12.3. The summed E-state index contributed by atoms with van der Waals surface area (Å²) in [7, 11) is 0. The van der Waals surface area contributed by atoms with Gasteiger partial charge >= 0.3 is 6.18 Å². The molecule has 0 saturated heterocycles. The van der Waals surface area contributed by atoms with E-state index in [1.807, 2.05) is 0 Å². The normalized spacial score (nSPS) is 16.9. The van der Waals surface area contributed by atoms with E-state index >= 15 is 0 Å². The van der Waals surface area contributed by atoms with E-state index in [1.165, 1.54) is 0 Å². The molecule has 0 bridgehead atoms. The van der Waals surface area contributed by atoms with Crippen molar-refractivity contribution in [2.45, 2.75) is 37.9 Å². The number of fused-ring (bicyclic) bond motifs is 1. The summed E-state index contributed by atoms with van der Waals surface area (Å²) in [6.45, 7) is 0.769. The number of hydrogen-bond donors (Lipinski definition) is 0. The van der Waals surface area contributed by atoms with Crippen LogP contribution in [0.5, 0.6) is 11.5 Å². The molecule has 4 rings (SSSR count).